The number of halogens is 2. The third-order valence-corrected chi connectivity index (χ3v) is 6.40. The summed E-state index contributed by atoms with van der Waals surface area (Å²) < 4.78 is 0.837. The zero-order valence-electron chi connectivity index (χ0n) is 12.3. The predicted molar refractivity (Wildman–Crippen MR) is 89.7 cm³/mol. The van der Waals surface area contributed by atoms with Gasteiger partial charge in [0.15, 0.2) is 0 Å². The highest BCUT2D eigenvalue weighted by molar-refractivity contribution is 9.10. The minimum Gasteiger partial charge on any atom is -0.335 e. The van der Waals surface area contributed by atoms with Crippen LogP contribution in [0, 0.1) is 11.8 Å². The Morgan fingerprint density at radius 2 is 2.05 bits per heavy atom. The average molecular weight is 371 g/mol. The van der Waals surface area contributed by atoms with E-state index in [1.165, 1.54) is 19.3 Å². The fraction of sp³-hybridized carbons (Fsp3) is 0.588. The molecule has 1 heterocycles. The Hall–Kier alpha value is -0.540. The molecular formula is C17H21BrClNO. The van der Waals surface area contributed by atoms with E-state index >= 15 is 0 Å². The summed E-state index contributed by atoms with van der Waals surface area (Å²) in [5.41, 5.74) is 0.710. The molecule has 21 heavy (non-hydrogen) atoms. The first kappa shape index (κ1) is 15.4. The minimum atomic E-state index is 0.146. The van der Waals surface area contributed by atoms with E-state index in [0.717, 1.165) is 29.8 Å². The van der Waals surface area contributed by atoms with Crippen LogP contribution in [0.15, 0.2) is 22.7 Å². The Kier molecular flexibility index (Phi) is 4.60. The number of piperidine rings is 1. The molecule has 0 bridgehead atoms. The van der Waals surface area contributed by atoms with Crippen molar-refractivity contribution in [2.45, 2.75) is 45.1 Å². The minimum absolute atomic E-state index is 0.146. The summed E-state index contributed by atoms with van der Waals surface area (Å²) in [6.07, 6.45) is 6.12. The van der Waals surface area contributed by atoms with E-state index in [9.17, 15) is 4.79 Å². The van der Waals surface area contributed by atoms with Crippen molar-refractivity contribution in [3.63, 3.8) is 0 Å². The number of hydrogen-bond donors (Lipinski definition) is 0. The molecule has 3 atom stereocenters. The lowest BCUT2D eigenvalue weighted by atomic mass is 9.72. The molecule has 2 aliphatic rings. The number of benzene rings is 1. The quantitative estimate of drug-likeness (QED) is 0.670. The van der Waals surface area contributed by atoms with E-state index in [4.69, 9.17) is 11.6 Å². The van der Waals surface area contributed by atoms with Gasteiger partial charge >= 0.3 is 0 Å². The highest BCUT2D eigenvalue weighted by atomic mass is 79.9. The van der Waals surface area contributed by atoms with Gasteiger partial charge in [-0.25, -0.2) is 0 Å². The number of fused-ring (bicyclic) bond motifs is 1. The molecule has 0 spiro atoms. The van der Waals surface area contributed by atoms with Gasteiger partial charge in [-0.1, -0.05) is 31.4 Å². The second-order valence-electron chi connectivity index (χ2n) is 6.41. The topological polar surface area (TPSA) is 20.3 Å². The van der Waals surface area contributed by atoms with Gasteiger partial charge in [-0.3, -0.25) is 4.79 Å². The van der Waals surface area contributed by atoms with E-state index in [0.29, 0.717) is 22.5 Å². The maximum absolute atomic E-state index is 12.9. The van der Waals surface area contributed by atoms with E-state index < -0.39 is 0 Å². The fourth-order valence-electron chi connectivity index (χ4n) is 3.96. The summed E-state index contributed by atoms with van der Waals surface area (Å²) in [5, 5.41) is 0.603. The largest absolute Gasteiger partial charge is 0.335 e. The summed E-state index contributed by atoms with van der Waals surface area (Å²) >= 11 is 9.52. The van der Waals surface area contributed by atoms with Crippen molar-refractivity contribution in [2.75, 3.05) is 6.54 Å². The van der Waals surface area contributed by atoms with Crippen molar-refractivity contribution in [1.82, 2.24) is 4.90 Å². The molecule has 1 aliphatic heterocycles. The summed E-state index contributed by atoms with van der Waals surface area (Å²) in [6.45, 7) is 3.23. The van der Waals surface area contributed by atoms with Crippen molar-refractivity contribution in [3.8, 4) is 0 Å². The molecule has 1 aromatic rings. The molecular weight excluding hydrogens is 350 g/mol. The van der Waals surface area contributed by atoms with Crippen molar-refractivity contribution in [2.24, 2.45) is 11.8 Å². The summed E-state index contributed by atoms with van der Waals surface area (Å²) in [6, 6.07) is 5.94. The number of nitrogens with zero attached hydrogens (tertiary/aromatic N) is 1. The van der Waals surface area contributed by atoms with E-state index in [2.05, 4.69) is 27.8 Å². The van der Waals surface area contributed by atoms with Gasteiger partial charge in [-0.2, -0.15) is 0 Å². The second-order valence-corrected chi connectivity index (χ2v) is 7.67. The van der Waals surface area contributed by atoms with Crippen LogP contribution in [0.1, 0.15) is 49.4 Å². The molecule has 1 amide bonds. The number of carbonyl (C=O) groups excluding carboxylic acids is 1. The van der Waals surface area contributed by atoms with E-state index in [1.54, 1.807) is 6.07 Å². The Morgan fingerprint density at radius 3 is 2.81 bits per heavy atom. The molecule has 4 heteroatoms. The van der Waals surface area contributed by atoms with Crippen LogP contribution in [0.4, 0.5) is 0 Å². The molecule has 0 radical (unpaired) electrons. The van der Waals surface area contributed by atoms with Crippen LogP contribution in [0.2, 0.25) is 5.02 Å². The smallest absolute Gasteiger partial charge is 0.254 e. The normalized spacial score (nSPS) is 29.1. The van der Waals surface area contributed by atoms with Crippen LogP contribution in [-0.4, -0.2) is 23.4 Å². The van der Waals surface area contributed by atoms with Crippen LogP contribution < -0.4 is 0 Å². The first-order valence-corrected chi connectivity index (χ1v) is 9.01. The molecule has 1 aromatic carbocycles. The second kappa shape index (κ2) is 6.29. The van der Waals surface area contributed by atoms with Crippen LogP contribution in [0.3, 0.4) is 0 Å². The monoisotopic (exact) mass is 369 g/mol. The van der Waals surface area contributed by atoms with Crippen LogP contribution >= 0.6 is 27.5 Å². The third-order valence-electron chi connectivity index (χ3n) is 5.17. The Balaban J connectivity index is 1.84. The first-order valence-electron chi connectivity index (χ1n) is 7.84. The van der Waals surface area contributed by atoms with Gasteiger partial charge in [0, 0.05) is 22.6 Å². The van der Waals surface area contributed by atoms with Crippen LogP contribution in [0.5, 0.6) is 0 Å². The molecule has 3 rings (SSSR count). The highest BCUT2D eigenvalue weighted by Gasteiger charge is 2.39. The molecule has 1 aliphatic carbocycles. The maximum Gasteiger partial charge on any atom is 0.254 e. The van der Waals surface area contributed by atoms with Crippen LogP contribution in [0.25, 0.3) is 0 Å². The zero-order chi connectivity index (χ0) is 15.0. The van der Waals surface area contributed by atoms with Crippen molar-refractivity contribution < 1.29 is 4.79 Å². The lowest BCUT2D eigenvalue weighted by molar-refractivity contribution is 0.0218. The molecule has 114 valence electrons. The zero-order valence-corrected chi connectivity index (χ0v) is 14.7. The SMILES string of the molecule is CC1CCN(C(=O)c2ccc(Br)c(Cl)c2)C2CCCCC12. The first-order chi connectivity index (χ1) is 10.1. The number of likely N-dealkylation sites (tertiary alicyclic amines) is 1. The maximum atomic E-state index is 12.9. The van der Waals surface area contributed by atoms with Crippen molar-refractivity contribution >= 4 is 33.4 Å². The lowest BCUT2D eigenvalue weighted by Crippen LogP contribution is -2.52. The van der Waals surface area contributed by atoms with Gasteiger partial charge in [-0.05, 0) is 65.2 Å². The number of carbonyl (C=O) groups is 1. The van der Waals surface area contributed by atoms with Crippen molar-refractivity contribution in [3.05, 3.63) is 33.3 Å². The van der Waals surface area contributed by atoms with Gasteiger partial charge in [0.05, 0.1) is 5.02 Å². The molecule has 1 saturated carbocycles. The molecule has 2 fully saturated rings. The molecule has 3 unspecified atom stereocenters. The van der Waals surface area contributed by atoms with E-state index in [1.807, 2.05) is 12.1 Å². The molecule has 2 nitrogen and oxygen atoms in total. The average Bonchev–Trinajstić information content (AvgIpc) is 2.50. The Labute approximate surface area is 140 Å². The lowest BCUT2D eigenvalue weighted by Gasteiger charge is -2.47. The Morgan fingerprint density at radius 1 is 1.29 bits per heavy atom. The molecule has 0 aromatic heterocycles. The van der Waals surface area contributed by atoms with E-state index in [-0.39, 0.29) is 5.91 Å². The number of hydrogen-bond acceptors (Lipinski definition) is 1. The predicted octanol–water partition coefficient (Wildman–Crippen LogP) is 5.14. The molecule has 1 saturated heterocycles. The van der Waals surface area contributed by atoms with Gasteiger partial charge in [0.1, 0.15) is 0 Å². The fourth-order valence-corrected chi connectivity index (χ4v) is 4.39. The summed E-state index contributed by atoms with van der Waals surface area (Å²) in [5.74, 6) is 1.57. The highest BCUT2D eigenvalue weighted by Crippen LogP contribution is 2.39. The Bertz CT molecular complexity index is 548. The third kappa shape index (κ3) is 3.00. The van der Waals surface area contributed by atoms with Gasteiger partial charge < -0.3 is 4.90 Å². The standard InChI is InChI=1S/C17H21BrClNO/c1-11-8-9-20(16-5-3-2-4-13(11)16)17(21)12-6-7-14(18)15(19)10-12/h6-7,10-11,13,16H,2-5,8-9H2,1H3. The van der Waals surface area contributed by atoms with Crippen LogP contribution in [-0.2, 0) is 0 Å². The van der Waals surface area contributed by atoms with Gasteiger partial charge in [-0.15, -0.1) is 0 Å². The van der Waals surface area contributed by atoms with Gasteiger partial charge in [0.2, 0.25) is 0 Å². The summed E-state index contributed by atoms with van der Waals surface area (Å²) in [7, 11) is 0. The van der Waals surface area contributed by atoms with Crippen molar-refractivity contribution in [1.29, 1.82) is 0 Å². The number of amides is 1. The molecule has 0 N–H and O–H groups in total. The summed E-state index contributed by atoms with van der Waals surface area (Å²) in [4.78, 5) is 15.0. The van der Waals surface area contributed by atoms with Gasteiger partial charge in [0.25, 0.3) is 5.91 Å². The number of rotatable bonds is 1.